The molecule has 384 valence electrons. The molecule has 0 amide bonds. The van der Waals surface area contributed by atoms with Crippen LogP contribution in [0.3, 0.4) is 0 Å². The first-order valence-electron chi connectivity index (χ1n) is 28.1. The lowest BCUT2D eigenvalue weighted by atomic mass is 10.0. The number of hydrogen-bond donors (Lipinski definition) is 0. The molecule has 0 aliphatic rings. The Hall–Kier alpha value is -3.41. The third kappa shape index (κ3) is 53.4. The van der Waals surface area contributed by atoms with Gasteiger partial charge in [-0.05, 0) is 89.9 Å². The highest BCUT2D eigenvalue weighted by molar-refractivity contribution is 5.71. The van der Waals surface area contributed by atoms with E-state index in [0.29, 0.717) is 19.3 Å². The first-order valence-corrected chi connectivity index (χ1v) is 28.1. The number of carbonyl (C=O) groups excluding carboxylic acids is 3. The average Bonchev–Trinajstić information content (AvgIpc) is 3.33. The second-order valence-electron chi connectivity index (χ2n) is 18.4. The zero-order chi connectivity index (χ0) is 48.6. The smallest absolute Gasteiger partial charge is 0.306 e. The predicted octanol–water partition coefficient (Wildman–Crippen LogP) is 18.8. The Bertz CT molecular complexity index is 1300. The molecule has 0 aromatic carbocycles. The maximum atomic E-state index is 12.9. The SMILES string of the molecule is CC/C=C\C/C=C\C/C=C\C/C=C\CCCCC(=O)OC[C@H](COC(=O)CCCCCCC/C=C\C/C=C\C/C=C\CC)OC(=O)CCCCCCCCCCCCCCCCCCCCC. The van der Waals surface area contributed by atoms with Crippen LogP contribution < -0.4 is 0 Å². The molecule has 67 heavy (non-hydrogen) atoms. The second-order valence-corrected chi connectivity index (χ2v) is 18.4. The summed E-state index contributed by atoms with van der Waals surface area (Å²) in [5.41, 5.74) is 0. The number of ether oxygens (including phenoxy) is 3. The molecule has 0 unspecified atom stereocenters. The highest BCUT2D eigenvalue weighted by Crippen LogP contribution is 2.16. The Kier molecular flexibility index (Phi) is 52.4. The highest BCUT2D eigenvalue weighted by Gasteiger charge is 2.19. The summed E-state index contributed by atoms with van der Waals surface area (Å²) in [6.45, 7) is 6.38. The average molecular weight is 933 g/mol. The van der Waals surface area contributed by atoms with Crippen molar-refractivity contribution in [2.45, 2.75) is 271 Å². The van der Waals surface area contributed by atoms with Crippen molar-refractivity contribution in [1.82, 2.24) is 0 Å². The van der Waals surface area contributed by atoms with Crippen molar-refractivity contribution in [3.8, 4) is 0 Å². The molecular formula is C61H104O6. The summed E-state index contributed by atoms with van der Waals surface area (Å²) in [7, 11) is 0. The molecule has 1 atom stereocenters. The van der Waals surface area contributed by atoms with Crippen LogP contribution in [0.1, 0.15) is 265 Å². The predicted molar refractivity (Wildman–Crippen MR) is 288 cm³/mol. The Labute approximate surface area is 414 Å². The van der Waals surface area contributed by atoms with Gasteiger partial charge in [0.1, 0.15) is 13.2 Å². The van der Waals surface area contributed by atoms with E-state index in [9.17, 15) is 14.4 Å². The largest absolute Gasteiger partial charge is 0.462 e. The van der Waals surface area contributed by atoms with E-state index in [0.717, 1.165) is 122 Å². The minimum Gasteiger partial charge on any atom is -0.462 e. The number of unbranched alkanes of at least 4 members (excludes halogenated alkanes) is 25. The maximum absolute atomic E-state index is 12.9. The van der Waals surface area contributed by atoms with E-state index in [4.69, 9.17) is 14.2 Å². The molecule has 0 saturated heterocycles. The molecule has 0 aliphatic heterocycles. The van der Waals surface area contributed by atoms with Crippen LogP contribution in [-0.4, -0.2) is 37.2 Å². The van der Waals surface area contributed by atoms with Crippen LogP contribution in [0.4, 0.5) is 0 Å². The fourth-order valence-corrected chi connectivity index (χ4v) is 7.74. The normalized spacial score (nSPS) is 12.7. The van der Waals surface area contributed by atoms with E-state index in [1.54, 1.807) is 0 Å². The number of carbonyl (C=O) groups is 3. The van der Waals surface area contributed by atoms with Crippen LogP contribution >= 0.6 is 0 Å². The molecule has 0 aromatic rings. The van der Waals surface area contributed by atoms with Gasteiger partial charge in [0, 0.05) is 19.3 Å². The van der Waals surface area contributed by atoms with Gasteiger partial charge in [0.15, 0.2) is 6.10 Å². The molecule has 0 rings (SSSR count). The van der Waals surface area contributed by atoms with E-state index in [1.807, 2.05) is 0 Å². The van der Waals surface area contributed by atoms with Crippen molar-refractivity contribution in [3.63, 3.8) is 0 Å². The highest BCUT2D eigenvalue weighted by atomic mass is 16.6. The molecule has 0 fully saturated rings. The van der Waals surface area contributed by atoms with Crippen molar-refractivity contribution in [1.29, 1.82) is 0 Å². The summed E-state index contributed by atoms with van der Waals surface area (Å²) in [6, 6.07) is 0. The van der Waals surface area contributed by atoms with E-state index >= 15 is 0 Å². The summed E-state index contributed by atoms with van der Waals surface area (Å²) in [6.07, 6.45) is 71.5. The Morgan fingerprint density at radius 2 is 0.582 bits per heavy atom. The molecular weight excluding hydrogens is 829 g/mol. The van der Waals surface area contributed by atoms with Gasteiger partial charge in [-0.3, -0.25) is 14.4 Å². The van der Waals surface area contributed by atoms with E-state index in [2.05, 4.69) is 106 Å². The first-order chi connectivity index (χ1) is 33.0. The zero-order valence-corrected chi connectivity index (χ0v) is 43.9. The second kappa shape index (κ2) is 55.2. The topological polar surface area (TPSA) is 78.9 Å². The molecule has 6 nitrogen and oxygen atoms in total. The maximum Gasteiger partial charge on any atom is 0.306 e. The Morgan fingerprint density at radius 1 is 0.313 bits per heavy atom. The summed E-state index contributed by atoms with van der Waals surface area (Å²) in [4.78, 5) is 38.1. The lowest BCUT2D eigenvalue weighted by Gasteiger charge is -2.18. The van der Waals surface area contributed by atoms with Gasteiger partial charge >= 0.3 is 17.9 Å². The lowest BCUT2D eigenvalue weighted by Crippen LogP contribution is -2.30. The van der Waals surface area contributed by atoms with Gasteiger partial charge in [-0.25, -0.2) is 0 Å². The molecule has 0 aromatic heterocycles. The summed E-state index contributed by atoms with van der Waals surface area (Å²) in [5.74, 6) is -0.949. The van der Waals surface area contributed by atoms with Crippen LogP contribution in [0.15, 0.2) is 85.1 Å². The third-order valence-corrected chi connectivity index (χ3v) is 11.9. The lowest BCUT2D eigenvalue weighted by molar-refractivity contribution is -0.167. The first kappa shape index (κ1) is 63.6. The van der Waals surface area contributed by atoms with Crippen molar-refractivity contribution in [2.75, 3.05) is 13.2 Å². The van der Waals surface area contributed by atoms with Gasteiger partial charge in [0.25, 0.3) is 0 Å². The van der Waals surface area contributed by atoms with Crippen LogP contribution in [0.5, 0.6) is 0 Å². The van der Waals surface area contributed by atoms with Gasteiger partial charge in [-0.15, -0.1) is 0 Å². The van der Waals surface area contributed by atoms with E-state index < -0.39 is 6.10 Å². The van der Waals surface area contributed by atoms with Crippen molar-refractivity contribution < 1.29 is 28.6 Å². The van der Waals surface area contributed by atoms with Crippen LogP contribution in [-0.2, 0) is 28.6 Å². The van der Waals surface area contributed by atoms with Gasteiger partial charge in [-0.2, -0.15) is 0 Å². The molecule has 0 N–H and O–H groups in total. The van der Waals surface area contributed by atoms with Gasteiger partial charge < -0.3 is 14.2 Å². The number of allylic oxidation sites excluding steroid dienone is 14. The Balaban J connectivity index is 4.43. The summed E-state index contributed by atoms with van der Waals surface area (Å²) in [5, 5.41) is 0. The van der Waals surface area contributed by atoms with Gasteiger partial charge in [0.05, 0.1) is 0 Å². The fraction of sp³-hybridized carbons (Fsp3) is 0.721. The minimum absolute atomic E-state index is 0.0974. The molecule has 0 bridgehead atoms. The van der Waals surface area contributed by atoms with Crippen LogP contribution in [0, 0.1) is 0 Å². The molecule has 0 spiro atoms. The molecule has 6 heteroatoms. The summed E-state index contributed by atoms with van der Waals surface area (Å²) < 4.78 is 16.8. The van der Waals surface area contributed by atoms with Crippen molar-refractivity contribution >= 4 is 17.9 Å². The van der Waals surface area contributed by atoms with Crippen molar-refractivity contribution in [2.24, 2.45) is 0 Å². The van der Waals surface area contributed by atoms with Crippen LogP contribution in [0.25, 0.3) is 0 Å². The zero-order valence-electron chi connectivity index (χ0n) is 43.9. The quantitative estimate of drug-likeness (QED) is 0.0262. The van der Waals surface area contributed by atoms with Gasteiger partial charge in [0.2, 0.25) is 0 Å². The van der Waals surface area contributed by atoms with E-state index in [-0.39, 0.29) is 31.1 Å². The molecule has 0 saturated carbocycles. The fourth-order valence-electron chi connectivity index (χ4n) is 7.74. The van der Waals surface area contributed by atoms with Gasteiger partial charge in [-0.1, -0.05) is 241 Å². The molecule has 0 radical (unpaired) electrons. The summed E-state index contributed by atoms with van der Waals surface area (Å²) >= 11 is 0. The Morgan fingerprint density at radius 3 is 0.940 bits per heavy atom. The molecule has 0 heterocycles. The monoisotopic (exact) mass is 933 g/mol. The van der Waals surface area contributed by atoms with Crippen molar-refractivity contribution in [3.05, 3.63) is 85.1 Å². The third-order valence-electron chi connectivity index (χ3n) is 11.9. The standard InChI is InChI=1S/C61H104O6/c1-4-7-10-13-16-19-22-25-28-29-30-31-34-37-40-43-46-49-52-55-61(64)67-58(56-65-59(62)53-50-47-44-41-38-35-32-26-23-20-17-14-11-8-5-2)57-66-60(63)54-51-48-45-42-39-36-33-27-24-21-18-15-12-9-6-3/h8-9,11-12,17-18,20-21,26-27,32-33,38,41,58H,4-7,10,13-16,19,22-25,28-31,34-37,39-40,42-57H2,1-3H3/b11-8-,12-9-,20-17-,21-18-,32-26-,33-27-,41-38-/t58-/m1/s1. The van der Waals surface area contributed by atoms with Crippen LogP contribution in [0.2, 0.25) is 0 Å². The molecule has 0 aliphatic carbocycles. The number of rotatable bonds is 50. The number of esters is 3. The van der Waals surface area contributed by atoms with E-state index in [1.165, 1.54) is 103 Å². The minimum atomic E-state index is -0.800. The number of hydrogen-bond acceptors (Lipinski definition) is 6.